The highest BCUT2D eigenvalue weighted by atomic mass is 127. The Morgan fingerprint density at radius 3 is 2.74 bits per heavy atom. The molecule has 0 fully saturated rings. The minimum absolute atomic E-state index is 0.225. The number of halogens is 1. The van der Waals surface area contributed by atoms with E-state index in [4.69, 9.17) is 0 Å². The molecule has 1 aromatic carbocycles. The standard InChI is InChI=1S/C18H23IN6O2/c1-10(18(2,3)27)22-17-23-15(14-16(24-17)25(4)9-21-14)20-8-11-7-12(19)5-6-13(11)26/h5-7,9-10,26-27H,8H2,1-4H3,(H2,20,22,23,24). The average Bonchev–Trinajstić information content (AvgIpc) is 2.96. The van der Waals surface area contributed by atoms with Crippen molar-refractivity contribution in [3.8, 4) is 5.75 Å². The Labute approximate surface area is 171 Å². The number of anilines is 2. The van der Waals surface area contributed by atoms with Gasteiger partial charge in [-0.3, -0.25) is 0 Å². The number of phenolic OH excluding ortho intramolecular Hbond substituents is 1. The van der Waals surface area contributed by atoms with E-state index in [1.54, 1.807) is 26.2 Å². The quantitative estimate of drug-likeness (QED) is 0.401. The topological polar surface area (TPSA) is 108 Å². The summed E-state index contributed by atoms with van der Waals surface area (Å²) >= 11 is 2.21. The van der Waals surface area contributed by atoms with E-state index < -0.39 is 5.60 Å². The van der Waals surface area contributed by atoms with Crippen LogP contribution in [0.25, 0.3) is 11.2 Å². The molecule has 9 heteroatoms. The molecule has 0 aliphatic carbocycles. The second-order valence-electron chi connectivity index (χ2n) is 7.07. The van der Waals surface area contributed by atoms with Crippen LogP contribution < -0.4 is 10.6 Å². The van der Waals surface area contributed by atoms with Gasteiger partial charge < -0.3 is 25.4 Å². The summed E-state index contributed by atoms with van der Waals surface area (Å²) in [6.07, 6.45) is 1.68. The maximum absolute atomic E-state index is 10.2. The first kappa shape index (κ1) is 19.6. The van der Waals surface area contributed by atoms with Crippen LogP contribution in [0, 0.1) is 3.57 Å². The third-order valence-electron chi connectivity index (χ3n) is 4.45. The van der Waals surface area contributed by atoms with Crippen LogP contribution in [-0.2, 0) is 13.6 Å². The number of aromatic nitrogens is 4. The lowest BCUT2D eigenvalue weighted by atomic mass is 10.0. The van der Waals surface area contributed by atoms with Gasteiger partial charge in [0.05, 0.1) is 18.0 Å². The van der Waals surface area contributed by atoms with Gasteiger partial charge in [-0.05, 0) is 61.6 Å². The van der Waals surface area contributed by atoms with Crippen LogP contribution in [0.1, 0.15) is 26.3 Å². The number of nitrogens with zero attached hydrogens (tertiary/aromatic N) is 4. The molecule has 0 aliphatic rings. The number of rotatable bonds is 6. The van der Waals surface area contributed by atoms with E-state index in [0.717, 1.165) is 9.13 Å². The molecule has 8 nitrogen and oxygen atoms in total. The Balaban J connectivity index is 1.92. The SMILES string of the molecule is CC(Nc1nc(NCc2cc(I)ccc2O)c2ncn(C)c2n1)C(C)(C)O. The Hall–Kier alpha value is -2.14. The minimum atomic E-state index is -0.926. The van der Waals surface area contributed by atoms with Crippen LogP contribution in [0.15, 0.2) is 24.5 Å². The van der Waals surface area contributed by atoms with Crippen LogP contribution in [0.2, 0.25) is 0 Å². The zero-order chi connectivity index (χ0) is 19.8. The highest BCUT2D eigenvalue weighted by Crippen LogP contribution is 2.25. The number of aromatic hydroxyl groups is 1. The van der Waals surface area contributed by atoms with Crippen molar-refractivity contribution in [1.29, 1.82) is 0 Å². The number of phenols is 1. The molecule has 1 unspecified atom stereocenters. The summed E-state index contributed by atoms with van der Waals surface area (Å²) < 4.78 is 2.85. The molecule has 4 N–H and O–H groups in total. The Morgan fingerprint density at radius 1 is 1.30 bits per heavy atom. The van der Waals surface area contributed by atoms with Gasteiger partial charge in [0.1, 0.15) is 5.75 Å². The average molecular weight is 482 g/mol. The van der Waals surface area contributed by atoms with Gasteiger partial charge >= 0.3 is 0 Å². The van der Waals surface area contributed by atoms with Crippen molar-refractivity contribution >= 4 is 45.5 Å². The van der Waals surface area contributed by atoms with Crippen LogP contribution >= 0.6 is 22.6 Å². The lowest BCUT2D eigenvalue weighted by molar-refractivity contribution is 0.0646. The molecule has 0 saturated heterocycles. The molecule has 2 heterocycles. The van der Waals surface area contributed by atoms with Gasteiger partial charge in [0.15, 0.2) is 17.0 Å². The number of benzene rings is 1. The molecule has 27 heavy (non-hydrogen) atoms. The smallest absolute Gasteiger partial charge is 0.227 e. The Morgan fingerprint density at radius 2 is 2.04 bits per heavy atom. The molecule has 0 bridgehead atoms. The van der Waals surface area contributed by atoms with Crippen molar-refractivity contribution in [2.45, 2.75) is 39.0 Å². The van der Waals surface area contributed by atoms with E-state index in [1.807, 2.05) is 30.7 Å². The molecule has 1 atom stereocenters. The first-order valence-corrected chi connectivity index (χ1v) is 9.62. The summed E-state index contributed by atoms with van der Waals surface area (Å²) in [6, 6.07) is 5.18. The van der Waals surface area contributed by atoms with E-state index in [9.17, 15) is 10.2 Å². The molecular weight excluding hydrogens is 459 g/mol. The molecule has 0 spiro atoms. The van der Waals surface area contributed by atoms with Crippen LogP contribution in [-0.4, -0.2) is 41.4 Å². The van der Waals surface area contributed by atoms with Gasteiger partial charge in [-0.15, -0.1) is 0 Å². The van der Waals surface area contributed by atoms with Crippen molar-refractivity contribution in [3.05, 3.63) is 33.7 Å². The number of imidazole rings is 1. The van der Waals surface area contributed by atoms with Crippen molar-refractivity contribution in [2.75, 3.05) is 10.6 Å². The van der Waals surface area contributed by atoms with E-state index >= 15 is 0 Å². The lowest BCUT2D eigenvalue weighted by Gasteiger charge is -2.26. The molecule has 0 aliphatic heterocycles. The summed E-state index contributed by atoms with van der Waals surface area (Å²) in [5, 5.41) is 26.6. The molecule has 2 aromatic heterocycles. The maximum atomic E-state index is 10.2. The number of aryl methyl sites for hydroxylation is 1. The number of aliphatic hydroxyl groups is 1. The van der Waals surface area contributed by atoms with E-state index in [-0.39, 0.29) is 11.8 Å². The predicted octanol–water partition coefficient (Wildman–Crippen LogP) is 2.86. The van der Waals surface area contributed by atoms with Crippen molar-refractivity contribution < 1.29 is 10.2 Å². The van der Waals surface area contributed by atoms with E-state index in [1.165, 1.54) is 0 Å². The number of hydrogen-bond acceptors (Lipinski definition) is 7. The fourth-order valence-electron chi connectivity index (χ4n) is 2.44. The zero-order valence-corrected chi connectivity index (χ0v) is 17.8. The first-order valence-electron chi connectivity index (χ1n) is 8.54. The molecular formula is C18H23IN6O2. The fourth-order valence-corrected chi connectivity index (χ4v) is 3.00. The van der Waals surface area contributed by atoms with Gasteiger partial charge in [-0.25, -0.2) is 4.98 Å². The number of hydrogen-bond donors (Lipinski definition) is 4. The van der Waals surface area contributed by atoms with Gasteiger partial charge in [0, 0.05) is 22.7 Å². The predicted molar refractivity (Wildman–Crippen MR) is 114 cm³/mol. The Bertz CT molecular complexity index is 966. The van der Waals surface area contributed by atoms with Gasteiger partial charge in [-0.2, -0.15) is 9.97 Å². The second kappa shape index (κ2) is 7.47. The maximum Gasteiger partial charge on any atom is 0.227 e. The first-order chi connectivity index (χ1) is 12.6. The van der Waals surface area contributed by atoms with Gasteiger partial charge in [-0.1, -0.05) is 0 Å². The second-order valence-corrected chi connectivity index (χ2v) is 8.32. The minimum Gasteiger partial charge on any atom is -0.508 e. The number of fused-ring (bicyclic) bond motifs is 1. The molecule has 3 rings (SSSR count). The Kier molecular flexibility index (Phi) is 5.43. The normalized spacial score (nSPS) is 13.0. The fraction of sp³-hybridized carbons (Fsp3) is 0.389. The monoisotopic (exact) mass is 482 g/mol. The summed E-state index contributed by atoms with van der Waals surface area (Å²) in [4.78, 5) is 13.4. The van der Waals surface area contributed by atoms with Crippen molar-refractivity contribution in [2.24, 2.45) is 7.05 Å². The highest BCUT2D eigenvalue weighted by molar-refractivity contribution is 14.1. The highest BCUT2D eigenvalue weighted by Gasteiger charge is 2.23. The van der Waals surface area contributed by atoms with Crippen LogP contribution in [0.3, 0.4) is 0 Å². The van der Waals surface area contributed by atoms with Gasteiger partial charge in [0.25, 0.3) is 0 Å². The molecule has 0 saturated carbocycles. The lowest BCUT2D eigenvalue weighted by Crippen LogP contribution is -2.39. The number of nitrogens with one attached hydrogen (secondary N) is 2. The molecule has 144 valence electrons. The third-order valence-corrected chi connectivity index (χ3v) is 5.12. The third kappa shape index (κ3) is 4.41. The van der Waals surface area contributed by atoms with Gasteiger partial charge in [0.2, 0.25) is 5.95 Å². The van der Waals surface area contributed by atoms with E-state index in [0.29, 0.717) is 29.5 Å². The van der Waals surface area contributed by atoms with Crippen molar-refractivity contribution in [1.82, 2.24) is 19.5 Å². The van der Waals surface area contributed by atoms with Crippen molar-refractivity contribution in [3.63, 3.8) is 0 Å². The summed E-state index contributed by atoms with van der Waals surface area (Å²) in [6.45, 7) is 5.72. The largest absolute Gasteiger partial charge is 0.508 e. The molecule has 3 aromatic rings. The van der Waals surface area contributed by atoms with Crippen LogP contribution in [0.5, 0.6) is 5.75 Å². The summed E-state index contributed by atoms with van der Waals surface area (Å²) in [5.41, 5.74) is 1.16. The molecule has 0 radical (unpaired) electrons. The summed E-state index contributed by atoms with van der Waals surface area (Å²) in [5.74, 6) is 1.18. The van der Waals surface area contributed by atoms with E-state index in [2.05, 4.69) is 48.2 Å². The summed E-state index contributed by atoms with van der Waals surface area (Å²) in [7, 11) is 1.86. The zero-order valence-electron chi connectivity index (χ0n) is 15.7. The molecule has 0 amide bonds. The van der Waals surface area contributed by atoms with Crippen LogP contribution in [0.4, 0.5) is 11.8 Å².